The summed E-state index contributed by atoms with van der Waals surface area (Å²) in [4.78, 5) is 11.9. The number of fused-ring (bicyclic) bond motifs is 2. The summed E-state index contributed by atoms with van der Waals surface area (Å²) in [6.07, 6.45) is 3.04. The number of benzene rings is 4. The van der Waals surface area contributed by atoms with Crippen molar-refractivity contribution < 1.29 is 19.0 Å². The third-order valence-electron chi connectivity index (χ3n) is 7.83. The molecular formula is C37H39Cl5N2O4. The molecule has 0 unspecified atom stereocenters. The Bertz CT molecular complexity index is 1700. The molecule has 0 spiro atoms. The molecule has 0 saturated heterocycles. The van der Waals surface area contributed by atoms with Gasteiger partial charge in [-0.1, -0.05) is 94.9 Å². The Kier molecular flexibility index (Phi) is 13.2. The van der Waals surface area contributed by atoms with Gasteiger partial charge in [0.05, 0.1) is 26.6 Å². The first-order valence-corrected chi connectivity index (χ1v) is 17.1. The minimum absolute atomic E-state index is 0. The van der Waals surface area contributed by atoms with Crippen LogP contribution >= 0.6 is 58.8 Å². The van der Waals surface area contributed by atoms with E-state index in [1.165, 1.54) is 5.56 Å². The lowest BCUT2D eigenvalue weighted by molar-refractivity contribution is 0.0495. The first-order valence-electron chi connectivity index (χ1n) is 15.6. The molecule has 0 radical (unpaired) electrons. The summed E-state index contributed by atoms with van der Waals surface area (Å²) < 4.78 is 17.5. The number of alkyl carbamates (subject to hydrolysis) is 1. The van der Waals surface area contributed by atoms with Gasteiger partial charge in [0.15, 0.2) is 0 Å². The van der Waals surface area contributed by atoms with Gasteiger partial charge in [0, 0.05) is 28.8 Å². The monoisotopic (exact) mass is 750 g/mol. The highest BCUT2D eigenvalue weighted by atomic mass is 35.5. The largest absolute Gasteiger partial charge is 0.488 e. The third kappa shape index (κ3) is 9.23. The molecule has 1 amide bonds. The Morgan fingerprint density at radius 2 is 1.17 bits per heavy atom. The second kappa shape index (κ2) is 16.7. The molecule has 11 heteroatoms. The van der Waals surface area contributed by atoms with Crippen LogP contribution in [0, 0.1) is 0 Å². The molecule has 2 aliphatic heterocycles. The molecule has 0 aliphatic carbocycles. The lowest BCUT2D eigenvalue weighted by atomic mass is 9.95. The zero-order valence-electron chi connectivity index (χ0n) is 27.0. The van der Waals surface area contributed by atoms with E-state index in [-0.39, 0.29) is 24.6 Å². The summed E-state index contributed by atoms with van der Waals surface area (Å²) in [6.45, 7) is 6.39. The molecule has 256 valence electrons. The van der Waals surface area contributed by atoms with Gasteiger partial charge in [-0.3, -0.25) is 0 Å². The van der Waals surface area contributed by atoms with Gasteiger partial charge in [-0.15, -0.1) is 12.4 Å². The maximum absolute atomic E-state index is 11.9. The fourth-order valence-electron chi connectivity index (χ4n) is 5.65. The van der Waals surface area contributed by atoms with Crippen LogP contribution in [-0.4, -0.2) is 37.0 Å². The number of rotatable bonds is 5. The fourth-order valence-corrected chi connectivity index (χ4v) is 6.85. The molecule has 4 aromatic carbocycles. The number of carbonyl (C=O) groups is 1. The van der Waals surface area contributed by atoms with Crippen molar-refractivity contribution in [1.82, 2.24) is 5.32 Å². The topological polar surface area (TPSA) is 82.8 Å². The zero-order valence-corrected chi connectivity index (χ0v) is 30.8. The van der Waals surface area contributed by atoms with E-state index in [4.69, 9.17) is 66.3 Å². The highest BCUT2D eigenvalue weighted by Crippen LogP contribution is 2.44. The van der Waals surface area contributed by atoms with E-state index >= 15 is 0 Å². The van der Waals surface area contributed by atoms with Crippen LogP contribution in [0.1, 0.15) is 44.7 Å². The molecule has 0 fully saturated rings. The van der Waals surface area contributed by atoms with Crippen LogP contribution in [0.2, 0.25) is 20.1 Å². The van der Waals surface area contributed by atoms with Gasteiger partial charge < -0.3 is 25.3 Å². The molecule has 0 saturated carbocycles. The fraction of sp³-hybridized carbons (Fsp3) is 0.324. The van der Waals surface area contributed by atoms with Crippen LogP contribution in [0.4, 0.5) is 4.79 Å². The minimum Gasteiger partial charge on any atom is -0.488 e. The number of carbonyl (C=O) groups excluding carboxylic acids is 1. The molecule has 2 aliphatic rings. The second-order valence-electron chi connectivity index (χ2n) is 12.5. The maximum Gasteiger partial charge on any atom is 0.407 e. The lowest BCUT2D eigenvalue weighted by Crippen LogP contribution is -2.40. The molecular weight excluding hydrogens is 714 g/mol. The summed E-state index contributed by atoms with van der Waals surface area (Å²) in [5.41, 5.74) is 10.9. The lowest BCUT2D eigenvalue weighted by Gasteiger charge is -2.29. The number of nitrogens with two attached hydrogens (primary N) is 1. The van der Waals surface area contributed by atoms with Crippen LogP contribution in [-0.2, 0) is 17.6 Å². The van der Waals surface area contributed by atoms with Crippen molar-refractivity contribution in [2.75, 3.05) is 13.1 Å². The normalized spacial score (nSPS) is 16.4. The van der Waals surface area contributed by atoms with Crippen molar-refractivity contribution in [3.63, 3.8) is 0 Å². The van der Waals surface area contributed by atoms with Crippen molar-refractivity contribution >= 4 is 64.9 Å². The van der Waals surface area contributed by atoms with Crippen molar-refractivity contribution in [3.8, 4) is 33.8 Å². The summed E-state index contributed by atoms with van der Waals surface area (Å²) in [5.74, 6) is 1.64. The SMILES string of the molecule is CC(C)(C)OC(=O)NC[C@H]1CCc2cccc(-c3c(Cl)cccc3Cl)c2O1.Cl.NC[C@H]1CCc2cccc(-c3c(Cl)cccc3Cl)c2O1. The second-order valence-corrected chi connectivity index (χ2v) is 14.1. The highest BCUT2D eigenvalue weighted by molar-refractivity contribution is 6.40. The average Bonchev–Trinajstić information content (AvgIpc) is 3.03. The van der Waals surface area contributed by atoms with Crippen LogP contribution < -0.4 is 20.5 Å². The maximum atomic E-state index is 11.9. The predicted molar refractivity (Wildman–Crippen MR) is 200 cm³/mol. The quantitative estimate of drug-likeness (QED) is 0.212. The van der Waals surface area contributed by atoms with Crippen LogP contribution in [0.3, 0.4) is 0 Å². The number of hydrogen-bond acceptors (Lipinski definition) is 5. The van der Waals surface area contributed by atoms with Crippen molar-refractivity contribution in [3.05, 3.63) is 104 Å². The van der Waals surface area contributed by atoms with E-state index in [1.54, 1.807) is 0 Å². The van der Waals surface area contributed by atoms with Crippen LogP contribution in [0.15, 0.2) is 72.8 Å². The van der Waals surface area contributed by atoms with Crippen LogP contribution in [0.5, 0.6) is 11.5 Å². The van der Waals surface area contributed by atoms with Crippen molar-refractivity contribution in [1.29, 1.82) is 0 Å². The van der Waals surface area contributed by atoms with E-state index in [1.807, 2.05) is 87.5 Å². The number of halogens is 5. The first kappa shape index (κ1) is 38.0. The number of hydrogen-bond donors (Lipinski definition) is 2. The number of para-hydroxylation sites is 2. The van der Waals surface area contributed by atoms with Gasteiger partial charge in [-0.05, 0) is 81.8 Å². The van der Waals surface area contributed by atoms with Crippen molar-refractivity contribution in [2.24, 2.45) is 5.73 Å². The standard InChI is InChI=1S/C21H23Cl2NO3.C16H15Cl2NO.ClH/c1-21(2,3)27-20(25)24-12-14-11-10-13-6-4-7-15(19(13)26-14)18-16(22)8-5-9-17(18)23;17-13-5-2-6-14(18)15(13)12-4-1-3-10-7-8-11(9-19)20-16(10)12;/h4-9,14H,10-12H2,1-3H3,(H,24,25);1-6,11H,7-9,19H2;1H/t14-;11-;/m11./s1. The van der Waals surface area contributed by atoms with E-state index in [0.717, 1.165) is 65.0 Å². The van der Waals surface area contributed by atoms with Gasteiger partial charge in [-0.25, -0.2) is 4.79 Å². The Morgan fingerprint density at radius 1 is 0.750 bits per heavy atom. The molecule has 48 heavy (non-hydrogen) atoms. The van der Waals surface area contributed by atoms with Gasteiger partial charge >= 0.3 is 6.09 Å². The molecule has 4 aromatic rings. The van der Waals surface area contributed by atoms with E-state index < -0.39 is 11.7 Å². The Labute approximate surface area is 308 Å². The van der Waals surface area contributed by atoms with Gasteiger partial charge in [0.25, 0.3) is 0 Å². The van der Waals surface area contributed by atoms with Gasteiger partial charge in [-0.2, -0.15) is 0 Å². The third-order valence-corrected chi connectivity index (χ3v) is 9.09. The van der Waals surface area contributed by atoms with E-state index in [0.29, 0.717) is 33.2 Å². The first-order chi connectivity index (χ1) is 22.4. The molecule has 6 rings (SSSR count). The molecule has 3 N–H and O–H groups in total. The van der Waals surface area contributed by atoms with E-state index in [9.17, 15) is 4.79 Å². The average molecular weight is 753 g/mol. The zero-order chi connectivity index (χ0) is 33.7. The summed E-state index contributed by atoms with van der Waals surface area (Å²) in [6, 6.07) is 23.0. The Balaban J connectivity index is 0.000000221. The number of nitrogens with one attached hydrogen (secondary N) is 1. The molecule has 2 heterocycles. The summed E-state index contributed by atoms with van der Waals surface area (Å²) in [5, 5.41) is 5.20. The minimum atomic E-state index is -0.530. The van der Waals surface area contributed by atoms with Crippen molar-refractivity contribution in [2.45, 2.75) is 64.3 Å². The summed E-state index contributed by atoms with van der Waals surface area (Å²) >= 11 is 25.4. The molecule has 2 atom stereocenters. The van der Waals surface area contributed by atoms with E-state index in [2.05, 4.69) is 11.4 Å². The molecule has 0 bridgehead atoms. The van der Waals surface area contributed by atoms with Gasteiger partial charge in [0.1, 0.15) is 29.3 Å². The smallest absolute Gasteiger partial charge is 0.407 e. The number of ether oxygens (including phenoxy) is 3. The van der Waals surface area contributed by atoms with Crippen LogP contribution in [0.25, 0.3) is 22.3 Å². The molecule has 6 nitrogen and oxygen atoms in total. The number of amides is 1. The predicted octanol–water partition coefficient (Wildman–Crippen LogP) is 10.6. The summed E-state index contributed by atoms with van der Waals surface area (Å²) in [7, 11) is 0. The van der Waals surface area contributed by atoms with Gasteiger partial charge in [0.2, 0.25) is 0 Å². The number of aryl methyl sites for hydroxylation is 2. The highest BCUT2D eigenvalue weighted by Gasteiger charge is 2.26. The Hall–Kier alpha value is -2.84. The Morgan fingerprint density at radius 3 is 1.60 bits per heavy atom. The molecule has 0 aromatic heterocycles.